The molecule has 0 unspecified atom stereocenters. The van der Waals surface area contributed by atoms with Gasteiger partial charge in [0.15, 0.2) is 5.75 Å². The third kappa shape index (κ3) is 7.18. The van der Waals surface area contributed by atoms with Crippen molar-refractivity contribution in [2.75, 3.05) is 32.1 Å². The topological polar surface area (TPSA) is 106 Å². The lowest BCUT2D eigenvalue weighted by molar-refractivity contribution is -0.146. The number of hydrogen-bond donors (Lipinski definition) is 2. The fraction of sp³-hybridized carbons (Fsp3) is 0.621. The third-order valence-corrected chi connectivity index (χ3v) is 8.81. The van der Waals surface area contributed by atoms with E-state index in [1.54, 1.807) is 18.0 Å². The Hall–Kier alpha value is -2.76. The second-order valence-electron chi connectivity index (χ2n) is 11.3. The van der Waals surface area contributed by atoms with Gasteiger partial charge in [0.2, 0.25) is 0 Å². The standard InChI is InChI=1S/C29H39ClF2N4O5/c1-18(2)24-10-13-33-36(24)29(27(39)34-23-9-6-20(30)16-25(23)41-28(31)32)11-14-35(15-12-29)17-22(26(37)38)19-4-7-21(40-3)8-5-19/h6,9-10,13,16,18-19,21-22,28H,4-5,7-8,11-12,14-15,17H2,1-3H3,(H,34,39)(H,37,38)/t19?,21?,22-/m1/s1. The number of nitrogens with zero attached hydrogens (tertiary/aromatic N) is 3. The van der Waals surface area contributed by atoms with E-state index in [1.807, 2.05) is 19.9 Å². The molecule has 1 aromatic carbocycles. The van der Waals surface area contributed by atoms with Crippen LogP contribution >= 0.6 is 11.6 Å². The number of carbonyl (C=O) groups is 2. The zero-order valence-electron chi connectivity index (χ0n) is 23.7. The van der Waals surface area contributed by atoms with Crippen LogP contribution < -0.4 is 10.1 Å². The Balaban J connectivity index is 1.55. The van der Waals surface area contributed by atoms with Gasteiger partial charge in [-0.05, 0) is 68.6 Å². The Kier molecular flexibility index (Phi) is 10.3. The number of rotatable bonds is 11. The Bertz CT molecular complexity index is 1190. The summed E-state index contributed by atoms with van der Waals surface area (Å²) in [5.41, 5.74) is -0.166. The number of aromatic nitrogens is 2. The van der Waals surface area contributed by atoms with Crippen LogP contribution in [0.15, 0.2) is 30.5 Å². The zero-order chi connectivity index (χ0) is 29.7. The molecule has 4 rings (SSSR count). The molecule has 1 aromatic heterocycles. The van der Waals surface area contributed by atoms with Gasteiger partial charge in [-0.15, -0.1) is 0 Å². The van der Waals surface area contributed by atoms with Crippen molar-refractivity contribution < 1.29 is 33.0 Å². The molecule has 1 amide bonds. The number of likely N-dealkylation sites (tertiary alicyclic amines) is 1. The Morgan fingerprint density at radius 1 is 1.17 bits per heavy atom. The van der Waals surface area contributed by atoms with Crippen LogP contribution in [0.5, 0.6) is 5.75 Å². The lowest BCUT2D eigenvalue weighted by Gasteiger charge is -2.43. The van der Waals surface area contributed by atoms with Crippen LogP contribution in [0.3, 0.4) is 0 Å². The van der Waals surface area contributed by atoms with E-state index in [-0.39, 0.29) is 34.4 Å². The Labute approximate surface area is 244 Å². The summed E-state index contributed by atoms with van der Waals surface area (Å²) in [5, 5.41) is 17.6. The van der Waals surface area contributed by atoms with Gasteiger partial charge in [-0.3, -0.25) is 14.3 Å². The number of alkyl halides is 2. The highest BCUT2D eigenvalue weighted by atomic mass is 35.5. The lowest BCUT2D eigenvalue weighted by Crippen LogP contribution is -2.55. The number of halogens is 3. The van der Waals surface area contributed by atoms with Crippen molar-refractivity contribution in [1.82, 2.24) is 14.7 Å². The number of hydrogen-bond acceptors (Lipinski definition) is 6. The van der Waals surface area contributed by atoms with Gasteiger partial charge < -0.3 is 24.8 Å². The van der Waals surface area contributed by atoms with Crippen LogP contribution in [0, 0.1) is 11.8 Å². The second kappa shape index (κ2) is 13.5. The highest BCUT2D eigenvalue weighted by molar-refractivity contribution is 6.30. The summed E-state index contributed by atoms with van der Waals surface area (Å²) in [6.07, 6.45) is 5.90. The van der Waals surface area contributed by atoms with Crippen molar-refractivity contribution in [2.24, 2.45) is 11.8 Å². The van der Waals surface area contributed by atoms with Crippen LogP contribution in [0.1, 0.15) is 64.0 Å². The van der Waals surface area contributed by atoms with Crippen LogP contribution in [0.2, 0.25) is 5.02 Å². The molecule has 0 bridgehead atoms. The van der Waals surface area contributed by atoms with Crippen molar-refractivity contribution in [3.8, 4) is 5.75 Å². The molecule has 1 saturated heterocycles. The molecule has 1 aliphatic heterocycles. The van der Waals surface area contributed by atoms with Gasteiger partial charge in [-0.1, -0.05) is 25.4 Å². The molecule has 2 aromatic rings. The van der Waals surface area contributed by atoms with Gasteiger partial charge in [0.1, 0.15) is 5.54 Å². The van der Waals surface area contributed by atoms with E-state index in [9.17, 15) is 23.5 Å². The maximum absolute atomic E-state index is 14.1. The number of ether oxygens (including phenoxy) is 2. The van der Waals surface area contributed by atoms with Gasteiger partial charge in [0.25, 0.3) is 5.91 Å². The van der Waals surface area contributed by atoms with Gasteiger partial charge in [-0.2, -0.15) is 13.9 Å². The van der Waals surface area contributed by atoms with Crippen LogP contribution in [-0.4, -0.2) is 71.1 Å². The maximum atomic E-state index is 14.1. The lowest BCUT2D eigenvalue weighted by atomic mass is 9.78. The molecular weight excluding hydrogens is 558 g/mol. The van der Waals surface area contributed by atoms with Gasteiger partial charge in [0.05, 0.1) is 17.7 Å². The summed E-state index contributed by atoms with van der Waals surface area (Å²) in [6.45, 7) is 2.28. The highest BCUT2D eigenvalue weighted by Gasteiger charge is 2.46. The number of amides is 1. The van der Waals surface area contributed by atoms with E-state index in [0.717, 1.165) is 31.4 Å². The first-order chi connectivity index (χ1) is 19.5. The van der Waals surface area contributed by atoms with Gasteiger partial charge in [-0.25, -0.2) is 0 Å². The van der Waals surface area contributed by atoms with E-state index >= 15 is 0 Å². The summed E-state index contributed by atoms with van der Waals surface area (Å²) < 4.78 is 38.0. The number of benzene rings is 1. The second-order valence-corrected chi connectivity index (χ2v) is 11.8. The van der Waals surface area contributed by atoms with Gasteiger partial charge >= 0.3 is 12.6 Å². The van der Waals surface area contributed by atoms with Gasteiger partial charge in [0, 0.05) is 49.7 Å². The van der Waals surface area contributed by atoms with Crippen molar-refractivity contribution >= 4 is 29.2 Å². The van der Waals surface area contributed by atoms with Crippen LogP contribution in [0.4, 0.5) is 14.5 Å². The SMILES string of the molecule is COC1CCC([C@@H](CN2CCC(C(=O)Nc3ccc(Cl)cc3OC(F)F)(n3nccc3C(C)C)CC2)C(=O)O)CC1. The molecule has 2 N–H and O–H groups in total. The average Bonchev–Trinajstić information content (AvgIpc) is 3.44. The fourth-order valence-corrected chi connectivity index (χ4v) is 6.38. The third-order valence-electron chi connectivity index (χ3n) is 8.58. The van der Waals surface area contributed by atoms with E-state index in [2.05, 4.69) is 20.1 Å². The van der Waals surface area contributed by atoms with E-state index < -0.39 is 29.9 Å². The number of aliphatic carboxylic acids is 1. The van der Waals surface area contributed by atoms with E-state index in [0.29, 0.717) is 32.5 Å². The molecule has 9 nitrogen and oxygen atoms in total. The summed E-state index contributed by atoms with van der Waals surface area (Å²) in [4.78, 5) is 28.5. The summed E-state index contributed by atoms with van der Waals surface area (Å²) >= 11 is 5.99. The van der Waals surface area contributed by atoms with Crippen LogP contribution in [0.25, 0.3) is 0 Å². The minimum Gasteiger partial charge on any atom is -0.481 e. The smallest absolute Gasteiger partial charge is 0.387 e. The zero-order valence-corrected chi connectivity index (χ0v) is 24.4. The molecule has 0 radical (unpaired) electrons. The minimum atomic E-state index is -3.09. The largest absolute Gasteiger partial charge is 0.481 e. The number of carbonyl (C=O) groups excluding carboxylic acids is 1. The molecule has 2 aliphatic rings. The van der Waals surface area contributed by atoms with E-state index in [4.69, 9.17) is 16.3 Å². The predicted octanol–water partition coefficient (Wildman–Crippen LogP) is 5.60. The molecular formula is C29H39ClF2N4O5. The fourth-order valence-electron chi connectivity index (χ4n) is 6.21. The molecule has 1 aliphatic carbocycles. The normalized spacial score (nSPS) is 22.0. The first-order valence-corrected chi connectivity index (χ1v) is 14.5. The minimum absolute atomic E-state index is 0.0747. The monoisotopic (exact) mass is 596 g/mol. The van der Waals surface area contributed by atoms with Crippen molar-refractivity contribution in [1.29, 1.82) is 0 Å². The summed E-state index contributed by atoms with van der Waals surface area (Å²) in [5.74, 6) is -1.79. The molecule has 1 saturated carbocycles. The number of piperidine rings is 1. The Morgan fingerprint density at radius 3 is 2.44 bits per heavy atom. The molecule has 2 fully saturated rings. The molecule has 0 spiro atoms. The average molecular weight is 597 g/mol. The number of anilines is 1. The quantitative estimate of drug-likeness (QED) is 0.348. The number of methoxy groups -OCH3 is 1. The Morgan fingerprint density at radius 2 is 1.85 bits per heavy atom. The number of carboxylic acids is 1. The van der Waals surface area contributed by atoms with E-state index in [1.165, 1.54) is 18.2 Å². The molecule has 2 heterocycles. The summed E-state index contributed by atoms with van der Waals surface area (Å²) in [7, 11) is 1.69. The highest BCUT2D eigenvalue weighted by Crippen LogP contribution is 2.38. The van der Waals surface area contributed by atoms with Crippen molar-refractivity contribution in [3.05, 3.63) is 41.2 Å². The first-order valence-electron chi connectivity index (χ1n) is 14.1. The maximum Gasteiger partial charge on any atom is 0.387 e. The van der Waals surface area contributed by atoms with Crippen LogP contribution in [-0.2, 0) is 19.9 Å². The van der Waals surface area contributed by atoms with Crippen molar-refractivity contribution in [2.45, 2.75) is 76.5 Å². The molecule has 41 heavy (non-hydrogen) atoms. The number of carboxylic acid groups (broad SMARTS) is 1. The van der Waals surface area contributed by atoms with Crippen molar-refractivity contribution in [3.63, 3.8) is 0 Å². The molecule has 12 heteroatoms. The molecule has 226 valence electrons. The first kappa shape index (κ1) is 31.2. The predicted molar refractivity (Wildman–Crippen MR) is 151 cm³/mol. The summed E-state index contributed by atoms with van der Waals surface area (Å²) in [6, 6.07) is 6.03. The molecule has 1 atom stereocenters. The number of nitrogens with one attached hydrogen (secondary N) is 1.